The topological polar surface area (TPSA) is 75.7 Å². The molecule has 164 valence electrons. The van der Waals surface area contributed by atoms with E-state index in [9.17, 15) is 13.6 Å². The second kappa shape index (κ2) is 9.99. The summed E-state index contributed by atoms with van der Waals surface area (Å²) in [5.41, 5.74) is 0.570. The lowest BCUT2D eigenvalue weighted by Gasteiger charge is -2.26. The summed E-state index contributed by atoms with van der Waals surface area (Å²) in [6, 6.07) is 8.51. The van der Waals surface area contributed by atoms with Crippen LogP contribution in [0.5, 0.6) is 5.75 Å². The van der Waals surface area contributed by atoms with Crippen LogP contribution in [-0.2, 0) is 11.3 Å². The molecule has 2 amide bonds. The van der Waals surface area contributed by atoms with Crippen LogP contribution in [0.1, 0.15) is 5.56 Å². The van der Waals surface area contributed by atoms with Crippen molar-refractivity contribution in [2.45, 2.75) is 6.61 Å². The zero-order valence-electron chi connectivity index (χ0n) is 16.7. The first kappa shape index (κ1) is 21.4. The van der Waals surface area contributed by atoms with E-state index in [2.05, 4.69) is 20.5 Å². The van der Waals surface area contributed by atoms with Crippen molar-refractivity contribution in [2.75, 3.05) is 44.7 Å². The summed E-state index contributed by atoms with van der Waals surface area (Å²) in [4.78, 5) is 18.7. The Morgan fingerprint density at radius 3 is 2.74 bits per heavy atom. The molecule has 0 radical (unpaired) electrons. The van der Waals surface area contributed by atoms with E-state index in [4.69, 9.17) is 9.47 Å². The quantitative estimate of drug-likeness (QED) is 0.578. The minimum Gasteiger partial charge on any atom is -0.489 e. The third-order valence-corrected chi connectivity index (χ3v) is 5.78. The number of nitrogens with zero attached hydrogens (tertiary/aromatic N) is 2. The number of fused-ring (bicyclic) bond motifs is 1. The van der Waals surface area contributed by atoms with Crippen LogP contribution in [-0.4, -0.2) is 55.3 Å². The molecule has 2 heterocycles. The first-order valence-electron chi connectivity index (χ1n) is 9.90. The highest BCUT2D eigenvalue weighted by atomic mass is 32.1. The molecule has 7 nitrogen and oxygen atoms in total. The lowest BCUT2D eigenvalue weighted by Crippen LogP contribution is -2.42. The molecule has 1 aliphatic heterocycles. The van der Waals surface area contributed by atoms with Crippen LogP contribution < -0.4 is 15.4 Å². The molecule has 0 saturated carbocycles. The van der Waals surface area contributed by atoms with Gasteiger partial charge >= 0.3 is 6.03 Å². The lowest BCUT2D eigenvalue weighted by atomic mass is 10.2. The van der Waals surface area contributed by atoms with Crippen LogP contribution in [0.4, 0.5) is 18.7 Å². The number of halogens is 2. The molecule has 3 aromatic rings. The second-order valence-corrected chi connectivity index (χ2v) is 8.00. The smallest absolute Gasteiger partial charge is 0.321 e. The first-order chi connectivity index (χ1) is 15.1. The zero-order valence-corrected chi connectivity index (χ0v) is 17.5. The van der Waals surface area contributed by atoms with Gasteiger partial charge in [-0.15, -0.1) is 0 Å². The molecule has 0 unspecified atom stereocenters. The van der Waals surface area contributed by atoms with Gasteiger partial charge in [0.05, 0.1) is 29.0 Å². The van der Waals surface area contributed by atoms with E-state index in [-0.39, 0.29) is 18.2 Å². The van der Waals surface area contributed by atoms with Gasteiger partial charge in [-0.1, -0.05) is 17.4 Å². The Morgan fingerprint density at radius 1 is 1.19 bits per heavy atom. The fourth-order valence-electron chi connectivity index (χ4n) is 3.17. The summed E-state index contributed by atoms with van der Waals surface area (Å²) in [6.45, 7) is 4.25. The van der Waals surface area contributed by atoms with Crippen molar-refractivity contribution >= 4 is 32.7 Å². The molecule has 31 heavy (non-hydrogen) atoms. The SMILES string of the molecule is O=C(NCCN1CCOCC1)Nc1nc2ccc(OCc3c(F)cccc3F)cc2s1. The Balaban J connectivity index is 1.31. The largest absolute Gasteiger partial charge is 0.489 e. The molecule has 0 atom stereocenters. The monoisotopic (exact) mass is 448 g/mol. The number of carbonyl (C=O) groups excluding carboxylic acids is 1. The predicted octanol–water partition coefficient (Wildman–Crippen LogP) is 3.61. The Hall–Kier alpha value is -2.82. The average molecular weight is 448 g/mol. The summed E-state index contributed by atoms with van der Waals surface area (Å²) in [7, 11) is 0. The normalized spacial score (nSPS) is 14.5. The number of morpholine rings is 1. The van der Waals surface area contributed by atoms with E-state index < -0.39 is 11.6 Å². The number of amides is 2. The molecule has 2 aromatic carbocycles. The third-order valence-electron chi connectivity index (χ3n) is 4.84. The van der Waals surface area contributed by atoms with Crippen LogP contribution in [0.2, 0.25) is 0 Å². The van der Waals surface area contributed by atoms with Crippen molar-refractivity contribution in [1.29, 1.82) is 0 Å². The number of benzene rings is 2. The van der Waals surface area contributed by atoms with Crippen LogP contribution >= 0.6 is 11.3 Å². The number of hydrogen-bond acceptors (Lipinski definition) is 6. The van der Waals surface area contributed by atoms with Gasteiger partial charge in [-0.2, -0.15) is 0 Å². The molecule has 10 heteroatoms. The molecule has 0 spiro atoms. The Kier molecular flexibility index (Phi) is 6.90. The molecule has 1 saturated heterocycles. The van der Waals surface area contributed by atoms with E-state index in [0.717, 1.165) is 37.5 Å². The minimum atomic E-state index is -0.648. The molecule has 2 N–H and O–H groups in total. The molecular weight excluding hydrogens is 426 g/mol. The molecule has 0 bridgehead atoms. The minimum absolute atomic E-state index is 0.122. The number of hydrogen-bond donors (Lipinski definition) is 2. The van der Waals surface area contributed by atoms with Crippen LogP contribution in [0, 0.1) is 11.6 Å². The summed E-state index contributed by atoms with van der Waals surface area (Å²) in [5, 5.41) is 6.01. The first-order valence-corrected chi connectivity index (χ1v) is 10.7. The summed E-state index contributed by atoms with van der Waals surface area (Å²) < 4.78 is 39.1. The van der Waals surface area contributed by atoms with Gasteiger partial charge in [0.15, 0.2) is 5.13 Å². The molecule has 1 aliphatic rings. The second-order valence-electron chi connectivity index (χ2n) is 6.97. The molecule has 1 aromatic heterocycles. The number of thiazole rings is 1. The highest BCUT2D eigenvalue weighted by molar-refractivity contribution is 7.22. The van der Waals surface area contributed by atoms with Gasteiger partial charge in [0.1, 0.15) is 24.0 Å². The van der Waals surface area contributed by atoms with Crippen LogP contribution in [0.3, 0.4) is 0 Å². The Morgan fingerprint density at radius 2 is 1.97 bits per heavy atom. The van der Waals surface area contributed by atoms with Crippen molar-refractivity contribution in [3.63, 3.8) is 0 Å². The third kappa shape index (κ3) is 5.66. The standard InChI is InChI=1S/C21H22F2N4O3S/c22-16-2-1-3-17(23)15(16)13-30-14-4-5-18-19(12-14)31-21(25-18)26-20(28)24-6-7-27-8-10-29-11-9-27/h1-5,12H,6-11,13H2,(H2,24,25,26,28). The number of urea groups is 1. The average Bonchev–Trinajstić information content (AvgIpc) is 3.15. The van der Waals surface area contributed by atoms with E-state index in [1.165, 1.54) is 29.5 Å². The number of rotatable bonds is 7. The molecule has 0 aliphatic carbocycles. The Labute approximate surface area is 182 Å². The maximum absolute atomic E-state index is 13.7. The van der Waals surface area contributed by atoms with E-state index in [1.54, 1.807) is 18.2 Å². The fourth-order valence-corrected chi connectivity index (χ4v) is 4.06. The predicted molar refractivity (Wildman–Crippen MR) is 115 cm³/mol. The maximum Gasteiger partial charge on any atom is 0.321 e. The van der Waals surface area contributed by atoms with Crippen molar-refractivity contribution in [3.05, 3.63) is 53.6 Å². The van der Waals surface area contributed by atoms with E-state index in [1.807, 2.05) is 0 Å². The van der Waals surface area contributed by atoms with Gasteiger partial charge in [-0.05, 0) is 30.3 Å². The van der Waals surface area contributed by atoms with Crippen LogP contribution in [0.15, 0.2) is 36.4 Å². The fraction of sp³-hybridized carbons (Fsp3) is 0.333. The number of ether oxygens (including phenoxy) is 2. The number of nitrogens with one attached hydrogen (secondary N) is 2. The zero-order chi connectivity index (χ0) is 21.6. The molecule has 4 rings (SSSR count). The van der Waals surface area contributed by atoms with Gasteiger partial charge < -0.3 is 14.8 Å². The van der Waals surface area contributed by atoms with E-state index >= 15 is 0 Å². The summed E-state index contributed by atoms with van der Waals surface area (Å²) in [5.74, 6) is -0.838. The summed E-state index contributed by atoms with van der Waals surface area (Å²) >= 11 is 1.29. The van der Waals surface area contributed by atoms with Crippen molar-refractivity contribution in [2.24, 2.45) is 0 Å². The summed E-state index contributed by atoms with van der Waals surface area (Å²) in [6.07, 6.45) is 0. The van der Waals surface area contributed by atoms with E-state index in [0.29, 0.717) is 22.9 Å². The van der Waals surface area contributed by atoms with Crippen molar-refractivity contribution < 1.29 is 23.0 Å². The number of anilines is 1. The van der Waals surface area contributed by atoms with Gasteiger partial charge in [0, 0.05) is 26.2 Å². The number of aromatic nitrogens is 1. The van der Waals surface area contributed by atoms with Crippen molar-refractivity contribution in [1.82, 2.24) is 15.2 Å². The number of carbonyl (C=O) groups is 1. The molecular formula is C21H22F2N4O3S. The van der Waals surface area contributed by atoms with Gasteiger partial charge in [-0.25, -0.2) is 18.6 Å². The highest BCUT2D eigenvalue weighted by Gasteiger charge is 2.13. The van der Waals surface area contributed by atoms with Crippen LogP contribution in [0.25, 0.3) is 10.2 Å². The molecule has 1 fully saturated rings. The highest BCUT2D eigenvalue weighted by Crippen LogP contribution is 2.29. The van der Waals surface area contributed by atoms with Crippen molar-refractivity contribution in [3.8, 4) is 5.75 Å². The maximum atomic E-state index is 13.7. The Bertz CT molecular complexity index is 1040. The van der Waals surface area contributed by atoms with Gasteiger partial charge in [0.2, 0.25) is 0 Å². The lowest BCUT2D eigenvalue weighted by molar-refractivity contribution is 0.0388. The van der Waals surface area contributed by atoms with Gasteiger partial charge in [0.25, 0.3) is 0 Å². The van der Waals surface area contributed by atoms with Gasteiger partial charge in [-0.3, -0.25) is 10.2 Å².